The van der Waals surface area contributed by atoms with Crippen LogP contribution in [0, 0.1) is 18.8 Å². The third kappa shape index (κ3) is 3.89. The van der Waals surface area contributed by atoms with Gasteiger partial charge in [-0.25, -0.2) is 0 Å². The molecule has 0 saturated carbocycles. The quantitative estimate of drug-likeness (QED) is 0.534. The van der Waals surface area contributed by atoms with Crippen LogP contribution in [-0.2, 0) is 0 Å². The van der Waals surface area contributed by atoms with Crippen molar-refractivity contribution in [1.82, 2.24) is 0 Å². The molecule has 0 amide bonds. The van der Waals surface area contributed by atoms with Crippen molar-refractivity contribution in [2.45, 2.75) is 6.92 Å². The van der Waals surface area contributed by atoms with Crippen molar-refractivity contribution in [2.24, 2.45) is 0 Å². The fraction of sp³-hybridized carbons (Fsp3) is 0.211. The Bertz CT molecular complexity index is 681. The summed E-state index contributed by atoms with van der Waals surface area (Å²) in [5, 5.41) is 1.29. The van der Waals surface area contributed by atoms with Crippen molar-refractivity contribution >= 4 is 12.2 Å². The van der Waals surface area contributed by atoms with Gasteiger partial charge in [0.15, 0.2) is 0 Å². The highest BCUT2D eigenvalue weighted by molar-refractivity contribution is 7.75. The lowest BCUT2D eigenvalue weighted by Crippen LogP contribution is -2.01. The molecule has 0 fully saturated rings. The average molecular weight is 280 g/mol. The first-order valence-electron chi connectivity index (χ1n) is 6.80. The van der Waals surface area contributed by atoms with Crippen molar-refractivity contribution in [3.05, 3.63) is 71.3 Å². The van der Waals surface area contributed by atoms with E-state index in [1.165, 1.54) is 16.4 Å². The van der Waals surface area contributed by atoms with Crippen LogP contribution in [0.2, 0.25) is 0 Å². The maximum Gasteiger partial charge on any atom is 0.0281 e. The van der Waals surface area contributed by atoms with Crippen LogP contribution in [0.4, 0.5) is 0 Å². The summed E-state index contributed by atoms with van der Waals surface area (Å²) >= 11 is 0. The predicted molar refractivity (Wildman–Crippen MR) is 93.3 cm³/mol. The summed E-state index contributed by atoms with van der Waals surface area (Å²) < 4.78 is 0. The molecule has 0 spiro atoms. The zero-order valence-electron chi connectivity index (χ0n) is 12.6. The number of rotatable bonds is 1. The van der Waals surface area contributed by atoms with Gasteiger partial charge in [-0.1, -0.05) is 66.8 Å². The molecule has 2 aromatic rings. The maximum atomic E-state index is 3.43. The first kappa shape index (κ1) is 14.7. The van der Waals surface area contributed by atoms with Crippen LogP contribution in [0.3, 0.4) is 0 Å². The standard InChI is InChI=1S/C19H21P/c1-16-10-13-18(14-11-16)19(20(2,3)4)15-12-17-8-6-5-7-9-17/h5-11,13-14H,1-4H3. The second-order valence-electron chi connectivity index (χ2n) is 5.84. The minimum Gasteiger partial charge on any atom is -0.0969 e. The van der Waals surface area contributed by atoms with E-state index in [4.69, 9.17) is 0 Å². The lowest BCUT2D eigenvalue weighted by atomic mass is 10.1. The van der Waals surface area contributed by atoms with Gasteiger partial charge in [-0.2, -0.15) is 0 Å². The highest BCUT2D eigenvalue weighted by atomic mass is 31.2. The SMILES string of the molecule is Cc1ccc(C(C#Cc2ccccc2)=P(C)(C)C)cc1. The van der Waals surface area contributed by atoms with Crippen molar-refractivity contribution < 1.29 is 0 Å². The van der Waals surface area contributed by atoms with Gasteiger partial charge in [0.1, 0.15) is 0 Å². The van der Waals surface area contributed by atoms with E-state index in [1.54, 1.807) is 0 Å². The topological polar surface area (TPSA) is 0 Å². The molecular formula is C19H21P. The van der Waals surface area contributed by atoms with Crippen LogP contribution in [-0.4, -0.2) is 25.3 Å². The normalized spacial score (nSPS) is 10.6. The number of hydrogen-bond acceptors (Lipinski definition) is 0. The highest BCUT2D eigenvalue weighted by Gasteiger charge is 2.07. The van der Waals surface area contributed by atoms with Gasteiger partial charge in [-0.05, 0) is 44.6 Å². The molecule has 0 aromatic heterocycles. The van der Waals surface area contributed by atoms with E-state index >= 15 is 0 Å². The average Bonchev–Trinajstić information content (AvgIpc) is 2.41. The Morgan fingerprint density at radius 3 is 2.00 bits per heavy atom. The summed E-state index contributed by atoms with van der Waals surface area (Å²) in [6.07, 6.45) is 0. The summed E-state index contributed by atoms with van der Waals surface area (Å²) in [5.41, 5.74) is 3.63. The molecule has 0 bridgehead atoms. The van der Waals surface area contributed by atoms with E-state index in [-0.39, 0.29) is 0 Å². The third-order valence-corrected chi connectivity index (χ3v) is 4.81. The third-order valence-electron chi connectivity index (χ3n) is 3.09. The van der Waals surface area contributed by atoms with Gasteiger partial charge in [-0.15, -0.1) is 0 Å². The van der Waals surface area contributed by atoms with E-state index in [9.17, 15) is 0 Å². The Kier molecular flexibility index (Phi) is 4.53. The van der Waals surface area contributed by atoms with Crippen LogP contribution in [0.5, 0.6) is 0 Å². The van der Waals surface area contributed by atoms with E-state index in [0.29, 0.717) is 0 Å². The molecule has 0 unspecified atom stereocenters. The van der Waals surface area contributed by atoms with Gasteiger partial charge in [0.2, 0.25) is 0 Å². The molecule has 0 nitrogen and oxygen atoms in total. The summed E-state index contributed by atoms with van der Waals surface area (Å²) in [6, 6.07) is 18.9. The van der Waals surface area contributed by atoms with Crippen molar-refractivity contribution in [3.8, 4) is 11.8 Å². The van der Waals surface area contributed by atoms with Gasteiger partial charge in [0.25, 0.3) is 0 Å². The molecule has 0 atom stereocenters. The lowest BCUT2D eigenvalue weighted by Gasteiger charge is -2.13. The molecule has 0 aliphatic rings. The Hall–Kier alpha value is -1.70. The van der Waals surface area contributed by atoms with E-state index in [2.05, 4.69) is 75.2 Å². The largest absolute Gasteiger partial charge is 0.0969 e. The van der Waals surface area contributed by atoms with Crippen LogP contribution in [0.1, 0.15) is 16.7 Å². The number of hydrogen-bond donors (Lipinski definition) is 0. The number of aryl methyl sites for hydroxylation is 1. The maximum absolute atomic E-state index is 3.43. The zero-order chi connectivity index (χ0) is 14.6. The fourth-order valence-electron chi connectivity index (χ4n) is 1.99. The molecule has 0 heterocycles. The first-order valence-corrected chi connectivity index (χ1v) is 9.93. The number of benzene rings is 2. The van der Waals surface area contributed by atoms with Crippen molar-refractivity contribution in [2.75, 3.05) is 20.0 Å². The van der Waals surface area contributed by atoms with Crippen LogP contribution < -0.4 is 0 Å². The first-order chi connectivity index (χ1) is 9.47. The summed E-state index contributed by atoms with van der Waals surface area (Å²) in [7, 11) is 0. The molecule has 1 heteroatoms. The smallest absolute Gasteiger partial charge is 0.0281 e. The van der Waals surface area contributed by atoms with Gasteiger partial charge in [-0.3, -0.25) is 0 Å². The zero-order valence-corrected chi connectivity index (χ0v) is 13.5. The molecule has 0 radical (unpaired) electrons. The van der Waals surface area contributed by atoms with E-state index in [0.717, 1.165) is 5.56 Å². The summed E-state index contributed by atoms with van der Waals surface area (Å²) in [6.45, 7) is 7.92. The molecular weight excluding hydrogens is 259 g/mol. The Balaban J connectivity index is 2.47. The monoisotopic (exact) mass is 280 g/mol. The molecule has 2 aromatic carbocycles. The Morgan fingerprint density at radius 2 is 1.45 bits per heavy atom. The van der Waals surface area contributed by atoms with Gasteiger partial charge >= 0.3 is 0 Å². The summed E-state index contributed by atoms with van der Waals surface area (Å²) in [5.74, 6) is 6.73. The van der Waals surface area contributed by atoms with Crippen LogP contribution in [0.25, 0.3) is 0 Å². The fourth-order valence-corrected chi connectivity index (χ4v) is 3.31. The van der Waals surface area contributed by atoms with E-state index in [1.807, 2.05) is 18.2 Å². The van der Waals surface area contributed by atoms with Gasteiger partial charge in [0.05, 0.1) is 0 Å². The molecule has 0 N–H and O–H groups in total. The van der Waals surface area contributed by atoms with Gasteiger partial charge < -0.3 is 0 Å². The molecule has 0 saturated heterocycles. The lowest BCUT2D eigenvalue weighted by molar-refractivity contribution is 1.47. The second-order valence-corrected chi connectivity index (χ2v) is 10.3. The van der Waals surface area contributed by atoms with Crippen LogP contribution >= 0.6 is 6.89 Å². The van der Waals surface area contributed by atoms with Crippen molar-refractivity contribution in [1.29, 1.82) is 0 Å². The second kappa shape index (κ2) is 6.17. The molecule has 2 rings (SSSR count). The Labute approximate surface area is 122 Å². The summed E-state index contributed by atoms with van der Waals surface area (Å²) in [4.78, 5) is 0. The van der Waals surface area contributed by atoms with Crippen molar-refractivity contribution in [3.63, 3.8) is 0 Å². The molecule has 0 aliphatic heterocycles. The predicted octanol–water partition coefficient (Wildman–Crippen LogP) is 4.47. The minimum atomic E-state index is -1.16. The molecule has 0 aliphatic carbocycles. The van der Waals surface area contributed by atoms with E-state index < -0.39 is 6.89 Å². The van der Waals surface area contributed by atoms with Gasteiger partial charge in [0, 0.05) is 10.9 Å². The molecule has 20 heavy (non-hydrogen) atoms. The van der Waals surface area contributed by atoms with Crippen LogP contribution in [0.15, 0.2) is 54.6 Å². The molecule has 102 valence electrons. The highest BCUT2D eigenvalue weighted by Crippen LogP contribution is 2.37. The Morgan fingerprint density at radius 1 is 0.850 bits per heavy atom. The minimum absolute atomic E-state index is 1.07.